The molecule has 2 N–H and O–H groups in total. The number of carbonyl (C=O) groups excluding carboxylic acids is 2. The van der Waals surface area contributed by atoms with Crippen LogP contribution < -0.4 is 15.5 Å². The van der Waals surface area contributed by atoms with Gasteiger partial charge in [-0.3, -0.25) is 9.59 Å². The molecule has 2 aromatic rings. The van der Waals surface area contributed by atoms with E-state index in [1.54, 1.807) is 6.07 Å². The number of benzene rings is 2. The molecule has 24 heavy (non-hydrogen) atoms. The summed E-state index contributed by atoms with van der Waals surface area (Å²) in [5, 5.41) is 5.56. The Hall–Kier alpha value is -2.89. The van der Waals surface area contributed by atoms with Crippen LogP contribution in [0.3, 0.4) is 0 Å². The van der Waals surface area contributed by atoms with Gasteiger partial charge in [-0.15, -0.1) is 0 Å². The van der Waals surface area contributed by atoms with E-state index in [-0.39, 0.29) is 11.8 Å². The van der Waals surface area contributed by atoms with Crippen LogP contribution in [0.1, 0.15) is 15.9 Å². The van der Waals surface area contributed by atoms with Crippen LogP contribution in [0.25, 0.3) is 0 Å². The maximum Gasteiger partial charge on any atom is 0.251 e. The molecular formula is C18H18FN3O2. The predicted molar refractivity (Wildman–Crippen MR) is 89.2 cm³/mol. The van der Waals surface area contributed by atoms with Gasteiger partial charge in [-0.25, -0.2) is 4.39 Å². The molecule has 2 aromatic carbocycles. The van der Waals surface area contributed by atoms with Crippen LogP contribution in [-0.4, -0.2) is 31.4 Å². The second-order valence-electron chi connectivity index (χ2n) is 5.63. The molecule has 1 aliphatic heterocycles. The Morgan fingerprint density at radius 1 is 1.21 bits per heavy atom. The van der Waals surface area contributed by atoms with E-state index < -0.39 is 5.82 Å². The van der Waals surface area contributed by atoms with Crippen molar-refractivity contribution in [3.63, 3.8) is 0 Å². The van der Waals surface area contributed by atoms with Crippen molar-refractivity contribution < 1.29 is 14.0 Å². The zero-order valence-electron chi connectivity index (χ0n) is 13.1. The SMILES string of the molecule is O=C1CN(c2ccc(CNC(=O)c3cccc(F)c3)cc2)CCN1. The maximum absolute atomic E-state index is 13.1. The van der Waals surface area contributed by atoms with Crippen molar-refractivity contribution in [1.29, 1.82) is 0 Å². The molecule has 3 rings (SSSR count). The average Bonchev–Trinajstić information content (AvgIpc) is 2.60. The van der Waals surface area contributed by atoms with Gasteiger partial charge in [-0.2, -0.15) is 0 Å². The molecule has 0 saturated carbocycles. The zero-order valence-corrected chi connectivity index (χ0v) is 13.1. The highest BCUT2D eigenvalue weighted by Crippen LogP contribution is 2.16. The Labute approximate surface area is 139 Å². The molecule has 0 spiro atoms. The van der Waals surface area contributed by atoms with Gasteiger partial charge in [0.1, 0.15) is 5.82 Å². The molecule has 1 saturated heterocycles. The fraction of sp³-hybridized carbons (Fsp3) is 0.222. The molecule has 0 atom stereocenters. The predicted octanol–water partition coefficient (Wildman–Crippen LogP) is 1.69. The fourth-order valence-electron chi connectivity index (χ4n) is 2.60. The normalized spacial score (nSPS) is 14.2. The first-order valence-corrected chi connectivity index (χ1v) is 7.76. The van der Waals surface area contributed by atoms with E-state index in [2.05, 4.69) is 10.6 Å². The van der Waals surface area contributed by atoms with Crippen molar-refractivity contribution in [2.75, 3.05) is 24.5 Å². The molecule has 0 aromatic heterocycles. The van der Waals surface area contributed by atoms with E-state index in [1.165, 1.54) is 18.2 Å². The molecule has 0 radical (unpaired) electrons. The standard InChI is InChI=1S/C18H18FN3O2/c19-15-3-1-2-14(10-15)18(24)21-11-13-4-6-16(7-5-13)22-9-8-20-17(23)12-22/h1-7,10H,8-9,11-12H2,(H,20,23)(H,21,24). The van der Waals surface area contributed by atoms with E-state index in [0.29, 0.717) is 25.2 Å². The third-order valence-electron chi connectivity index (χ3n) is 3.88. The summed E-state index contributed by atoms with van der Waals surface area (Å²) in [6.07, 6.45) is 0. The van der Waals surface area contributed by atoms with Crippen molar-refractivity contribution in [3.8, 4) is 0 Å². The number of hydrogen-bond acceptors (Lipinski definition) is 3. The summed E-state index contributed by atoms with van der Waals surface area (Å²) in [7, 11) is 0. The molecule has 0 unspecified atom stereocenters. The van der Waals surface area contributed by atoms with Crippen LogP contribution in [0.5, 0.6) is 0 Å². The average molecular weight is 327 g/mol. The number of nitrogens with one attached hydrogen (secondary N) is 2. The van der Waals surface area contributed by atoms with Crippen molar-refractivity contribution in [3.05, 3.63) is 65.5 Å². The van der Waals surface area contributed by atoms with E-state index >= 15 is 0 Å². The summed E-state index contributed by atoms with van der Waals surface area (Å²) in [5.41, 5.74) is 2.21. The van der Waals surface area contributed by atoms with Crippen LogP contribution in [0.4, 0.5) is 10.1 Å². The van der Waals surface area contributed by atoms with E-state index in [9.17, 15) is 14.0 Å². The molecular weight excluding hydrogens is 309 g/mol. The molecule has 2 amide bonds. The Balaban J connectivity index is 1.58. The van der Waals surface area contributed by atoms with Crippen LogP contribution in [0.15, 0.2) is 48.5 Å². The number of nitrogens with zero attached hydrogens (tertiary/aromatic N) is 1. The maximum atomic E-state index is 13.1. The van der Waals surface area contributed by atoms with Gasteiger partial charge in [0.05, 0.1) is 6.54 Å². The number of amides is 2. The van der Waals surface area contributed by atoms with Crippen LogP contribution in [-0.2, 0) is 11.3 Å². The molecule has 6 heteroatoms. The van der Waals surface area contributed by atoms with Crippen molar-refractivity contribution in [2.24, 2.45) is 0 Å². The minimum absolute atomic E-state index is 0.0210. The van der Waals surface area contributed by atoms with Crippen molar-refractivity contribution in [1.82, 2.24) is 10.6 Å². The van der Waals surface area contributed by atoms with Gasteiger partial charge in [-0.1, -0.05) is 18.2 Å². The quantitative estimate of drug-likeness (QED) is 0.898. The molecule has 5 nitrogen and oxygen atoms in total. The summed E-state index contributed by atoms with van der Waals surface area (Å²) >= 11 is 0. The van der Waals surface area contributed by atoms with Gasteiger partial charge >= 0.3 is 0 Å². The number of anilines is 1. The Morgan fingerprint density at radius 3 is 2.71 bits per heavy atom. The van der Waals surface area contributed by atoms with Crippen LogP contribution in [0, 0.1) is 5.82 Å². The summed E-state index contributed by atoms with van der Waals surface area (Å²) in [6, 6.07) is 13.3. The van der Waals surface area contributed by atoms with Gasteiger partial charge in [0.25, 0.3) is 5.91 Å². The van der Waals surface area contributed by atoms with Crippen molar-refractivity contribution in [2.45, 2.75) is 6.54 Å². The number of rotatable bonds is 4. The smallest absolute Gasteiger partial charge is 0.251 e. The second-order valence-corrected chi connectivity index (χ2v) is 5.63. The van der Waals surface area contributed by atoms with Gasteiger partial charge in [-0.05, 0) is 35.9 Å². The lowest BCUT2D eigenvalue weighted by Gasteiger charge is -2.28. The van der Waals surface area contributed by atoms with E-state index in [0.717, 1.165) is 17.8 Å². The Bertz CT molecular complexity index is 746. The Morgan fingerprint density at radius 2 is 2.00 bits per heavy atom. The molecule has 0 aliphatic carbocycles. The molecule has 1 heterocycles. The fourth-order valence-corrected chi connectivity index (χ4v) is 2.60. The zero-order chi connectivity index (χ0) is 16.9. The molecule has 0 bridgehead atoms. The highest BCUT2D eigenvalue weighted by atomic mass is 19.1. The minimum Gasteiger partial charge on any atom is -0.360 e. The molecule has 1 aliphatic rings. The number of hydrogen-bond donors (Lipinski definition) is 2. The van der Waals surface area contributed by atoms with Gasteiger partial charge in [0.15, 0.2) is 0 Å². The second kappa shape index (κ2) is 7.12. The summed E-state index contributed by atoms with van der Waals surface area (Å²) < 4.78 is 13.1. The largest absolute Gasteiger partial charge is 0.360 e. The monoisotopic (exact) mass is 327 g/mol. The Kier molecular flexibility index (Phi) is 4.74. The lowest BCUT2D eigenvalue weighted by molar-refractivity contribution is -0.120. The summed E-state index contributed by atoms with van der Waals surface area (Å²) in [4.78, 5) is 25.4. The summed E-state index contributed by atoms with van der Waals surface area (Å²) in [6.45, 7) is 2.14. The number of carbonyl (C=O) groups is 2. The third-order valence-corrected chi connectivity index (χ3v) is 3.88. The van der Waals surface area contributed by atoms with E-state index in [1.807, 2.05) is 29.2 Å². The first kappa shape index (κ1) is 16.0. The highest BCUT2D eigenvalue weighted by Gasteiger charge is 2.16. The lowest BCUT2D eigenvalue weighted by Crippen LogP contribution is -2.47. The highest BCUT2D eigenvalue weighted by molar-refractivity contribution is 5.94. The van der Waals surface area contributed by atoms with Crippen molar-refractivity contribution >= 4 is 17.5 Å². The van der Waals surface area contributed by atoms with Crippen LogP contribution in [0.2, 0.25) is 0 Å². The van der Waals surface area contributed by atoms with Gasteiger partial charge in [0, 0.05) is 30.9 Å². The number of halogens is 1. The summed E-state index contributed by atoms with van der Waals surface area (Å²) in [5.74, 6) is -0.725. The molecule has 124 valence electrons. The minimum atomic E-state index is -0.433. The first-order chi connectivity index (χ1) is 11.6. The molecule has 1 fully saturated rings. The van der Waals surface area contributed by atoms with E-state index in [4.69, 9.17) is 0 Å². The van der Waals surface area contributed by atoms with Gasteiger partial charge in [0.2, 0.25) is 5.91 Å². The number of piperazine rings is 1. The topological polar surface area (TPSA) is 61.4 Å². The third kappa shape index (κ3) is 3.90. The van der Waals surface area contributed by atoms with Crippen LogP contribution >= 0.6 is 0 Å². The van der Waals surface area contributed by atoms with Gasteiger partial charge < -0.3 is 15.5 Å². The lowest BCUT2D eigenvalue weighted by atomic mass is 10.1. The first-order valence-electron chi connectivity index (χ1n) is 7.76.